The molecule has 2 nitrogen and oxygen atoms in total. The third kappa shape index (κ3) is 2.71. The molecule has 0 aromatic heterocycles. The van der Waals surface area contributed by atoms with E-state index in [2.05, 4.69) is 22.6 Å². The number of alkyl halides is 1. The van der Waals surface area contributed by atoms with E-state index >= 15 is 0 Å². The molecule has 0 radical (unpaired) electrons. The Hall–Kier alpha value is -0.580. The van der Waals surface area contributed by atoms with Gasteiger partial charge in [-0.1, -0.05) is 55.5 Å². The number of benzene rings is 1. The van der Waals surface area contributed by atoms with Gasteiger partial charge < -0.3 is 5.11 Å². The number of carbonyl (C=O) groups is 1. The standard InChI is InChI=1S/C12H15IO2/c1-12(2,3)10-8(7-13)5-4-6-9(10)11(14)15/h4-6H,7H2,1-3H3,(H,14,15). The minimum Gasteiger partial charge on any atom is -0.478 e. The number of hydrogen-bond acceptors (Lipinski definition) is 1. The summed E-state index contributed by atoms with van der Waals surface area (Å²) in [5.74, 6) is -0.841. The summed E-state index contributed by atoms with van der Waals surface area (Å²) < 4.78 is 0.839. The van der Waals surface area contributed by atoms with Crippen LogP contribution >= 0.6 is 22.6 Å². The number of halogens is 1. The summed E-state index contributed by atoms with van der Waals surface area (Å²) in [4.78, 5) is 11.1. The molecule has 0 aliphatic rings. The third-order valence-corrected chi connectivity index (χ3v) is 3.10. The van der Waals surface area contributed by atoms with E-state index < -0.39 is 5.97 Å². The highest BCUT2D eigenvalue weighted by molar-refractivity contribution is 14.1. The fraction of sp³-hybridized carbons (Fsp3) is 0.417. The lowest BCUT2D eigenvalue weighted by molar-refractivity contribution is 0.0694. The Morgan fingerprint density at radius 3 is 2.40 bits per heavy atom. The first-order chi connectivity index (χ1) is 6.88. The monoisotopic (exact) mass is 318 g/mol. The number of aromatic carboxylic acids is 1. The topological polar surface area (TPSA) is 37.3 Å². The van der Waals surface area contributed by atoms with Crippen LogP contribution in [0.3, 0.4) is 0 Å². The maximum atomic E-state index is 11.1. The normalized spacial score (nSPS) is 11.5. The summed E-state index contributed by atoms with van der Waals surface area (Å²) in [5, 5.41) is 9.15. The smallest absolute Gasteiger partial charge is 0.335 e. The van der Waals surface area contributed by atoms with Gasteiger partial charge in [-0.2, -0.15) is 0 Å². The van der Waals surface area contributed by atoms with Crippen LogP contribution in [0.25, 0.3) is 0 Å². The summed E-state index contributed by atoms with van der Waals surface area (Å²) in [5.41, 5.74) is 2.36. The second kappa shape index (κ2) is 4.51. The van der Waals surface area contributed by atoms with E-state index in [4.69, 9.17) is 5.11 Å². The Morgan fingerprint density at radius 2 is 2.00 bits per heavy atom. The highest BCUT2D eigenvalue weighted by Crippen LogP contribution is 2.30. The lowest BCUT2D eigenvalue weighted by Gasteiger charge is -2.24. The molecule has 1 N–H and O–H groups in total. The van der Waals surface area contributed by atoms with Gasteiger partial charge in [-0.25, -0.2) is 4.79 Å². The zero-order chi connectivity index (χ0) is 11.6. The Bertz CT molecular complexity index is 378. The van der Waals surface area contributed by atoms with Crippen LogP contribution in [-0.2, 0) is 9.84 Å². The van der Waals surface area contributed by atoms with Crippen LogP contribution < -0.4 is 0 Å². The predicted octanol–water partition coefficient (Wildman–Crippen LogP) is 3.62. The van der Waals surface area contributed by atoms with Crippen molar-refractivity contribution in [3.8, 4) is 0 Å². The molecule has 0 saturated heterocycles. The summed E-state index contributed by atoms with van der Waals surface area (Å²) in [7, 11) is 0. The highest BCUT2D eigenvalue weighted by atomic mass is 127. The zero-order valence-corrected chi connectivity index (χ0v) is 11.3. The van der Waals surface area contributed by atoms with Crippen LogP contribution in [0.2, 0.25) is 0 Å². The average molecular weight is 318 g/mol. The van der Waals surface area contributed by atoms with Crippen molar-refractivity contribution in [1.29, 1.82) is 0 Å². The van der Waals surface area contributed by atoms with Gasteiger partial charge in [0.05, 0.1) is 5.56 Å². The van der Waals surface area contributed by atoms with Gasteiger partial charge >= 0.3 is 5.97 Å². The van der Waals surface area contributed by atoms with Gasteiger partial charge in [0.1, 0.15) is 0 Å². The quantitative estimate of drug-likeness (QED) is 0.668. The highest BCUT2D eigenvalue weighted by Gasteiger charge is 2.23. The molecule has 0 fully saturated rings. The van der Waals surface area contributed by atoms with E-state index in [1.807, 2.05) is 32.9 Å². The first-order valence-corrected chi connectivity index (χ1v) is 6.32. The fourth-order valence-corrected chi connectivity index (χ4v) is 2.41. The number of carboxylic acid groups (broad SMARTS) is 1. The van der Waals surface area contributed by atoms with Gasteiger partial charge in [0.25, 0.3) is 0 Å². The molecule has 0 saturated carbocycles. The van der Waals surface area contributed by atoms with E-state index in [0.717, 1.165) is 15.6 Å². The predicted molar refractivity (Wildman–Crippen MR) is 69.8 cm³/mol. The van der Waals surface area contributed by atoms with Crippen LogP contribution in [0.5, 0.6) is 0 Å². The lowest BCUT2D eigenvalue weighted by Crippen LogP contribution is -2.19. The minimum absolute atomic E-state index is 0.129. The molecule has 3 heteroatoms. The van der Waals surface area contributed by atoms with Crippen molar-refractivity contribution in [1.82, 2.24) is 0 Å². The fourth-order valence-electron chi connectivity index (χ4n) is 1.78. The SMILES string of the molecule is CC(C)(C)c1c(CI)cccc1C(=O)O. The molecule has 0 spiro atoms. The molecule has 0 bridgehead atoms. The summed E-state index contributed by atoms with van der Waals surface area (Å²) in [6.07, 6.45) is 0. The van der Waals surface area contributed by atoms with E-state index in [1.165, 1.54) is 0 Å². The maximum absolute atomic E-state index is 11.1. The second-order valence-corrected chi connectivity index (χ2v) is 5.29. The van der Waals surface area contributed by atoms with Crippen LogP contribution in [-0.4, -0.2) is 11.1 Å². The van der Waals surface area contributed by atoms with Crippen LogP contribution in [0.4, 0.5) is 0 Å². The van der Waals surface area contributed by atoms with Crippen molar-refractivity contribution in [3.05, 3.63) is 34.9 Å². The number of rotatable bonds is 2. The first-order valence-electron chi connectivity index (χ1n) is 4.79. The van der Waals surface area contributed by atoms with Crippen molar-refractivity contribution in [2.24, 2.45) is 0 Å². The molecule has 0 aliphatic carbocycles. The minimum atomic E-state index is -0.841. The van der Waals surface area contributed by atoms with E-state index in [-0.39, 0.29) is 5.41 Å². The molecule has 0 aliphatic heterocycles. The van der Waals surface area contributed by atoms with Crippen molar-refractivity contribution < 1.29 is 9.90 Å². The zero-order valence-electron chi connectivity index (χ0n) is 9.17. The molecule has 0 unspecified atom stereocenters. The van der Waals surface area contributed by atoms with Crippen molar-refractivity contribution >= 4 is 28.6 Å². The third-order valence-electron chi connectivity index (χ3n) is 2.28. The molecule has 0 atom stereocenters. The van der Waals surface area contributed by atoms with Crippen molar-refractivity contribution in [2.75, 3.05) is 0 Å². The molecule has 1 rings (SSSR count). The Kier molecular flexibility index (Phi) is 3.76. The van der Waals surface area contributed by atoms with Crippen LogP contribution in [0.15, 0.2) is 18.2 Å². The van der Waals surface area contributed by atoms with Crippen molar-refractivity contribution in [2.45, 2.75) is 30.6 Å². The molecular formula is C12H15IO2. The largest absolute Gasteiger partial charge is 0.478 e. The lowest BCUT2D eigenvalue weighted by atomic mass is 9.81. The van der Waals surface area contributed by atoms with E-state index in [9.17, 15) is 4.79 Å². The first kappa shape index (κ1) is 12.5. The van der Waals surface area contributed by atoms with E-state index in [0.29, 0.717) is 5.56 Å². The Morgan fingerprint density at radius 1 is 1.40 bits per heavy atom. The van der Waals surface area contributed by atoms with Crippen molar-refractivity contribution in [3.63, 3.8) is 0 Å². The molecule has 15 heavy (non-hydrogen) atoms. The Labute approximate surface area is 104 Å². The molecule has 1 aromatic rings. The second-order valence-electron chi connectivity index (χ2n) is 4.53. The molecular weight excluding hydrogens is 303 g/mol. The molecule has 0 amide bonds. The molecule has 82 valence electrons. The van der Waals surface area contributed by atoms with Gasteiger partial charge in [-0.15, -0.1) is 0 Å². The van der Waals surface area contributed by atoms with Gasteiger partial charge in [0, 0.05) is 4.43 Å². The van der Waals surface area contributed by atoms with Crippen LogP contribution in [0.1, 0.15) is 42.3 Å². The summed E-state index contributed by atoms with van der Waals surface area (Å²) >= 11 is 2.27. The average Bonchev–Trinajstić information content (AvgIpc) is 2.15. The van der Waals surface area contributed by atoms with Gasteiger partial charge in [0.2, 0.25) is 0 Å². The number of carboxylic acids is 1. The molecule has 0 heterocycles. The van der Waals surface area contributed by atoms with Gasteiger partial charge in [0.15, 0.2) is 0 Å². The summed E-state index contributed by atoms with van der Waals surface area (Å²) in [6.45, 7) is 6.14. The number of hydrogen-bond donors (Lipinski definition) is 1. The van der Waals surface area contributed by atoms with E-state index in [1.54, 1.807) is 6.07 Å². The summed E-state index contributed by atoms with van der Waals surface area (Å²) in [6, 6.07) is 5.49. The molecule has 1 aromatic carbocycles. The van der Waals surface area contributed by atoms with Crippen LogP contribution in [0, 0.1) is 0 Å². The van der Waals surface area contributed by atoms with Gasteiger partial charge in [-0.05, 0) is 22.6 Å². The van der Waals surface area contributed by atoms with Gasteiger partial charge in [-0.3, -0.25) is 0 Å². The Balaban J connectivity index is 3.47. The maximum Gasteiger partial charge on any atom is 0.335 e.